The fourth-order valence-electron chi connectivity index (χ4n) is 4.00. The molecule has 0 aliphatic carbocycles. The van der Waals surface area contributed by atoms with E-state index in [0.29, 0.717) is 5.56 Å². The summed E-state index contributed by atoms with van der Waals surface area (Å²) in [4.78, 5) is 11.7. The molecule has 0 saturated carbocycles. The highest BCUT2D eigenvalue weighted by Crippen LogP contribution is 2.31. The van der Waals surface area contributed by atoms with Crippen LogP contribution in [-0.2, 0) is 17.6 Å². The Balaban J connectivity index is 0.00000342. The SMILES string of the molecule is CCCCN(c1ccc([S+]([O-])c2ccccc2)cc1)C(Cc1ccc(C#N)cc1)c1c[nH]cn1.Cl. The predicted molar refractivity (Wildman–Crippen MR) is 143 cm³/mol. The third kappa shape index (κ3) is 6.67. The number of benzene rings is 3. The minimum atomic E-state index is -1.21. The van der Waals surface area contributed by atoms with E-state index < -0.39 is 11.2 Å². The summed E-state index contributed by atoms with van der Waals surface area (Å²) in [5.41, 5.74) is 3.85. The first-order chi connectivity index (χ1) is 16.7. The van der Waals surface area contributed by atoms with Crippen molar-refractivity contribution in [1.29, 1.82) is 5.26 Å². The van der Waals surface area contributed by atoms with Crippen LogP contribution >= 0.6 is 12.4 Å². The Labute approximate surface area is 216 Å². The largest absolute Gasteiger partial charge is 0.606 e. The number of unbranched alkanes of at least 4 members (excludes halogenated alkanes) is 1. The minimum absolute atomic E-state index is 0. The second-order valence-corrected chi connectivity index (χ2v) is 9.63. The Morgan fingerprint density at radius 2 is 1.69 bits per heavy atom. The van der Waals surface area contributed by atoms with Gasteiger partial charge in [0.05, 0.1) is 29.7 Å². The monoisotopic (exact) mass is 504 g/mol. The Bertz CT molecular complexity index is 1190. The van der Waals surface area contributed by atoms with Crippen LogP contribution in [0.4, 0.5) is 5.69 Å². The van der Waals surface area contributed by atoms with E-state index >= 15 is 0 Å². The number of halogens is 1. The van der Waals surface area contributed by atoms with E-state index in [-0.39, 0.29) is 18.4 Å². The van der Waals surface area contributed by atoms with Crippen LogP contribution in [0.1, 0.15) is 42.6 Å². The van der Waals surface area contributed by atoms with E-state index in [9.17, 15) is 4.55 Å². The number of nitrogens with zero attached hydrogens (tertiary/aromatic N) is 3. The van der Waals surface area contributed by atoms with E-state index in [1.165, 1.54) is 0 Å². The number of H-pyrrole nitrogens is 1. The number of anilines is 1. The minimum Gasteiger partial charge on any atom is -0.606 e. The van der Waals surface area contributed by atoms with Gasteiger partial charge in [-0.1, -0.05) is 43.7 Å². The molecule has 7 heteroatoms. The number of rotatable bonds is 10. The molecule has 0 amide bonds. The number of aromatic amines is 1. The average Bonchev–Trinajstić information content (AvgIpc) is 3.44. The second-order valence-electron chi connectivity index (χ2n) is 8.15. The van der Waals surface area contributed by atoms with Crippen molar-refractivity contribution in [1.82, 2.24) is 9.97 Å². The van der Waals surface area contributed by atoms with Crippen LogP contribution in [0.2, 0.25) is 0 Å². The molecule has 5 nitrogen and oxygen atoms in total. The van der Waals surface area contributed by atoms with Crippen LogP contribution in [0.3, 0.4) is 0 Å². The normalized spacial score (nSPS) is 12.3. The summed E-state index contributed by atoms with van der Waals surface area (Å²) in [6.07, 6.45) is 6.55. The molecule has 1 heterocycles. The van der Waals surface area contributed by atoms with Gasteiger partial charge >= 0.3 is 0 Å². The van der Waals surface area contributed by atoms with Crippen molar-refractivity contribution < 1.29 is 4.55 Å². The highest BCUT2D eigenvalue weighted by atomic mass is 35.5. The quantitative estimate of drug-likeness (QED) is 0.251. The Hall–Kier alpha value is -3.24. The topological polar surface area (TPSA) is 78.8 Å². The summed E-state index contributed by atoms with van der Waals surface area (Å²) >= 11 is -1.21. The zero-order valence-corrected chi connectivity index (χ0v) is 21.3. The molecule has 4 aromatic rings. The lowest BCUT2D eigenvalue weighted by Gasteiger charge is -2.33. The van der Waals surface area contributed by atoms with Gasteiger partial charge in [0.2, 0.25) is 0 Å². The van der Waals surface area contributed by atoms with E-state index in [0.717, 1.165) is 52.5 Å². The maximum absolute atomic E-state index is 13.0. The molecule has 0 fully saturated rings. The standard InChI is InChI=1S/C28H28N4OS.ClH/c1-2-3-17-32(24-13-15-26(16-14-24)34(33)25-7-5-4-6-8-25)28(27-20-30-21-31-27)18-22-9-11-23(19-29)12-10-22;/h4-16,20-21,28H,2-3,17-18H2,1H3,(H,30,31);1H. The third-order valence-corrected chi connectivity index (χ3v) is 7.24. The number of nitriles is 1. The molecule has 2 atom stereocenters. The van der Waals surface area contributed by atoms with Crippen molar-refractivity contribution in [3.63, 3.8) is 0 Å². The fourth-order valence-corrected chi connectivity index (χ4v) is 5.06. The molecule has 4 rings (SSSR count). The van der Waals surface area contributed by atoms with Crippen LogP contribution in [0.25, 0.3) is 0 Å². The first-order valence-corrected chi connectivity index (χ1v) is 12.7. The summed E-state index contributed by atoms with van der Waals surface area (Å²) in [5.74, 6) is 0. The summed E-state index contributed by atoms with van der Waals surface area (Å²) in [6, 6.07) is 27.5. The molecule has 0 aliphatic rings. The number of imidazole rings is 1. The molecule has 2 unspecified atom stereocenters. The number of hydrogen-bond donors (Lipinski definition) is 1. The molecule has 1 N–H and O–H groups in total. The molecule has 180 valence electrons. The lowest BCUT2D eigenvalue weighted by molar-refractivity contribution is 0.584. The molecule has 0 radical (unpaired) electrons. The van der Waals surface area contributed by atoms with Crippen molar-refractivity contribution in [3.05, 3.63) is 108 Å². The average molecular weight is 505 g/mol. The molecular formula is C28H29ClN4OS. The predicted octanol–water partition coefficient (Wildman–Crippen LogP) is 6.46. The van der Waals surface area contributed by atoms with Crippen LogP contribution in [-0.4, -0.2) is 21.1 Å². The Morgan fingerprint density at radius 1 is 1.00 bits per heavy atom. The van der Waals surface area contributed by atoms with Crippen LogP contribution in [0.15, 0.2) is 101 Å². The number of hydrogen-bond acceptors (Lipinski definition) is 4. The molecule has 1 aromatic heterocycles. The molecule has 0 saturated heterocycles. The van der Waals surface area contributed by atoms with Crippen LogP contribution in [0.5, 0.6) is 0 Å². The first kappa shape index (κ1) is 26.4. The van der Waals surface area contributed by atoms with Gasteiger partial charge in [-0.15, -0.1) is 12.4 Å². The summed E-state index contributed by atoms with van der Waals surface area (Å²) < 4.78 is 13.0. The smallest absolute Gasteiger partial charge is 0.158 e. The molecule has 3 aromatic carbocycles. The van der Waals surface area contributed by atoms with Gasteiger partial charge in [0.25, 0.3) is 0 Å². The highest BCUT2D eigenvalue weighted by Gasteiger charge is 2.24. The van der Waals surface area contributed by atoms with E-state index in [1.807, 2.05) is 72.9 Å². The molecule has 35 heavy (non-hydrogen) atoms. The lowest BCUT2D eigenvalue weighted by atomic mass is 10.00. The van der Waals surface area contributed by atoms with Gasteiger partial charge < -0.3 is 14.4 Å². The maximum Gasteiger partial charge on any atom is 0.158 e. The van der Waals surface area contributed by atoms with Gasteiger partial charge in [0.15, 0.2) is 9.79 Å². The molecule has 0 spiro atoms. The van der Waals surface area contributed by atoms with E-state index in [1.54, 1.807) is 6.33 Å². The zero-order valence-electron chi connectivity index (χ0n) is 19.6. The van der Waals surface area contributed by atoms with Crippen molar-refractivity contribution in [2.45, 2.75) is 42.0 Å². The third-order valence-electron chi connectivity index (χ3n) is 5.84. The van der Waals surface area contributed by atoms with Gasteiger partial charge in [0, 0.05) is 29.6 Å². The second kappa shape index (κ2) is 13.0. The maximum atomic E-state index is 13.0. The van der Waals surface area contributed by atoms with E-state index in [4.69, 9.17) is 5.26 Å². The Morgan fingerprint density at radius 3 is 2.29 bits per heavy atom. The lowest BCUT2D eigenvalue weighted by Crippen LogP contribution is -2.31. The van der Waals surface area contributed by atoms with Gasteiger partial charge in [0.1, 0.15) is 0 Å². The summed E-state index contributed by atoms with van der Waals surface area (Å²) in [5, 5.41) is 9.13. The van der Waals surface area contributed by atoms with Crippen molar-refractivity contribution in [3.8, 4) is 6.07 Å². The number of nitrogens with one attached hydrogen (secondary N) is 1. The zero-order chi connectivity index (χ0) is 23.8. The first-order valence-electron chi connectivity index (χ1n) is 11.5. The molecule has 0 aliphatic heterocycles. The number of aromatic nitrogens is 2. The summed E-state index contributed by atoms with van der Waals surface area (Å²) in [7, 11) is 0. The summed E-state index contributed by atoms with van der Waals surface area (Å²) in [6.45, 7) is 3.07. The molecular weight excluding hydrogens is 476 g/mol. The van der Waals surface area contributed by atoms with Crippen molar-refractivity contribution in [2.24, 2.45) is 0 Å². The van der Waals surface area contributed by atoms with Crippen molar-refractivity contribution in [2.75, 3.05) is 11.4 Å². The van der Waals surface area contributed by atoms with Gasteiger partial charge in [-0.2, -0.15) is 5.26 Å². The Kier molecular flexibility index (Phi) is 9.80. The van der Waals surface area contributed by atoms with Gasteiger partial charge in [-0.3, -0.25) is 0 Å². The fraction of sp³-hybridized carbons (Fsp3) is 0.214. The van der Waals surface area contributed by atoms with Gasteiger partial charge in [-0.25, -0.2) is 4.98 Å². The van der Waals surface area contributed by atoms with Crippen LogP contribution in [0, 0.1) is 11.3 Å². The molecule has 0 bridgehead atoms. The van der Waals surface area contributed by atoms with Crippen molar-refractivity contribution >= 4 is 29.3 Å². The van der Waals surface area contributed by atoms with Gasteiger partial charge in [-0.05, 0) is 66.9 Å². The van der Waals surface area contributed by atoms with E-state index in [2.05, 4.69) is 40.0 Å². The highest BCUT2D eigenvalue weighted by molar-refractivity contribution is 7.91. The van der Waals surface area contributed by atoms with Crippen LogP contribution < -0.4 is 4.90 Å².